The van der Waals surface area contributed by atoms with Crippen LogP contribution in [-0.4, -0.2) is 43.1 Å². The Labute approximate surface area is 183 Å². The van der Waals surface area contributed by atoms with Crippen molar-refractivity contribution >= 4 is 29.5 Å². The van der Waals surface area contributed by atoms with E-state index in [1.54, 1.807) is 31.4 Å². The van der Waals surface area contributed by atoms with E-state index in [0.717, 1.165) is 5.56 Å². The standard InChI is InChI=1S/C22H20ClN3O5/c1-30-16-4-2-3-13(9-16)10-24-18(27)11-26-17-12-31-21(28)19(17)20(25-22(26)29)14-5-7-15(23)8-6-14/h2-9,20H,10-12H2,1H3,(H,24,27)(H,25,29). The number of cyclic esters (lactones) is 1. The number of hydrogen-bond acceptors (Lipinski definition) is 5. The number of urea groups is 1. The summed E-state index contributed by atoms with van der Waals surface area (Å²) >= 11 is 5.94. The molecular formula is C22H20ClN3O5. The third-order valence-corrected chi connectivity index (χ3v) is 5.38. The number of esters is 1. The van der Waals surface area contributed by atoms with Crippen LogP contribution in [0, 0.1) is 0 Å². The fourth-order valence-corrected chi connectivity index (χ4v) is 3.69. The number of benzene rings is 2. The lowest BCUT2D eigenvalue weighted by atomic mass is 9.96. The van der Waals surface area contributed by atoms with Crippen molar-refractivity contribution in [3.05, 3.63) is 76.0 Å². The Bertz CT molecular complexity index is 1070. The van der Waals surface area contributed by atoms with E-state index >= 15 is 0 Å². The van der Waals surface area contributed by atoms with E-state index in [-0.39, 0.29) is 25.6 Å². The molecule has 2 aromatic carbocycles. The van der Waals surface area contributed by atoms with Crippen molar-refractivity contribution in [3.8, 4) is 5.75 Å². The monoisotopic (exact) mass is 441 g/mol. The lowest BCUT2D eigenvalue weighted by Gasteiger charge is -2.32. The summed E-state index contributed by atoms with van der Waals surface area (Å²) in [5.41, 5.74) is 2.27. The van der Waals surface area contributed by atoms with Gasteiger partial charge in [-0.3, -0.25) is 9.69 Å². The first-order chi connectivity index (χ1) is 15.0. The Morgan fingerprint density at radius 2 is 2.03 bits per heavy atom. The molecule has 2 heterocycles. The van der Waals surface area contributed by atoms with Gasteiger partial charge in [-0.25, -0.2) is 9.59 Å². The molecule has 0 aliphatic carbocycles. The van der Waals surface area contributed by atoms with Crippen molar-refractivity contribution < 1.29 is 23.9 Å². The van der Waals surface area contributed by atoms with Gasteiger partial charge in [-0.1, -0.05) is 35.9 Å². The van der Waals surface area contributed by atoms with Crippen LogP contribution in [0.1, 0.15) is 17.2 Å². The number of halogens is 1. The zero-order chi connectivity index (χ0) is 22.0. The minimum Gasteiger partial charge on any atom is -0.497 e. The van der Waals surface area contributed by atoms with Crippen LogP contribution in [0.2, 0.25) is 5.02 Å². The van der Waals surface area contributed by atoms with Crippen molar-refractivity contribution in [2.75, 3.05) is 20.3 Å². The first kappa shape index (κ1) is 20.7. The van der Waals surface area contributed by atoms with Gasteiger partial charge in [0.05, 0.1) is 24.4 Å². The Morgan fingerprint density at radius 1 is 1.26 bits per heavy atom. The molecule has 0 bridgehead atoms. The van der Waals surface area contributed by atoms with Crippen molar-refractivity contribution in [3.63, 3.8) is 0 Å². The van der Waals surface area contributed by atoms with Crippen LogP contribution in [-0.2, 0) is 20.9 Å². The van der Waals surface area contributed by atoms with Crippen LogP contribution in [0.15, 0.2) is 59.8 Å². The number of ether oxygens (including phenoxy) is 2. The topological polar surface area (TPSA) is 97.0 Å². The van der Waals surface area contributed by atoms with Crippen LogP contribution in [0.4, 0.5) is 4.79 Å². The number of rotatable bonds is 6. The fourth-order valence-electron chi connectivity index (χ4n) is 3.57. The summed E-state index contributed by atoms with van der Waals surface area (Å²) in [5.74, 6) is -0.197. The molecule has 31 heavy (non-hydrogen) atoms. The van der Waals surface area contributed by atoms with Gasteiger partial charge >= 0.3 is 12.0 Å². The van der Waals surface area contributed by atoms with E-state index in [0.29, 0.717) is 27.6 Å². The van der Waals surface area contributed by atoms with E-state index < -0.39 is 18.0 Å². The normalized spacial score (nSPS) is 17.7. The number of amides is 3. The molecule has 9 heteroatoms. The van der Waals surface area contributed by atoms with Crippen molar-refractivity contribution in [2.45, 2.75) is 12.6 Å². The van der Waals surface area contributed by atoms with Crippen molar-refractivity contribution in [2.24, 2.45) is 0 Å². The minimum absolute atomic E-state index is 0.0607. The maximum atomic E-state index is 12.8. The Hall–Kier alpha value is -3.52. The largest absolute Gasteiger partial charge is 0.497 e. The Balaban J connectivity index is 1.50. The first-order valence-corrected chi connectivity index (χ1v) is 9.97. The molecule has 2 aliphatic rings. The third-order valence-electron chi connectivity index (χ3n) is 5.13. The Morgan fingerprint density at radius 3 is 2.77 bits per heavy atom. The SMILES string of the molecule is COc1cccc(CNC(=O)CN2C(=O)NC(c3ccc(Cl)cc3)C3=C2COC3=O)c1. The molecule has 0 fully saturated rings. The van der Waals surface area contributed by atoms with Gasteiger partial charge in [-0.05, 0) is 35.4 Å². The number of nitrogens with zero attached hydrogens (tertiary/aromatic N) is 1. The summed E-state index contributed by atoms with van der Waals surface area (Å²) in [6.07, 6.45) is 0. The second-order valence-corrected chi connectivity index (χ2v) is 7.52. The van der Waals surface area contributed by atoms with Crippen LogP contribution in [0.3, 0.4) is 0 Å². The molecule has 4 rings (SSSR count). The minimum atomic E-state index is -0.661. The molecule has 2 aromatic rings. The molecule has 2 N–H and O–H groups in total. The predicted molar refractivity (Wildman–Crippen MR) is 112 cm³/mol. The molecule has 3 amide bonds. The molecule has 1 unspecified atom stereocenters. The van der Waals surface area contributed by atoms with E-state index in [1.807, 2.05) is 24.3 Å². The third kappa shape index (κ3) is 4.34. The number of nitrogens with one attached hydrogen (secondary N) is 2. The average Bonchev–Trinajstić information content (AvgIpc) is 3.16. The maximum Gasteiger partial charge on any atom is 0.338 e. The highest BCUT2D eigenvalue weighted by atomic mass is 35.5. The van der Waals surface area contributed by atoms with Gasteiger partial charge in [-0.15, -0.1) is 0 Å². The molecule has 1 atom stereocenters. The van der Waals surface area contributed by atoms with E-state index in [1.165, 1.54) is 4.90 Å². The van der Waals surface area contributed by atoms with Crippen LogP contribution in [0.25, 0.3) is 0 Å². The quantitative estimate of drug-likeness (QED) is 0.671. The average molecular weight is 442 g/mol. The summed E-state index contributed by atoms with van der Waals surface area (Å²) < 4.78 is 10.3. The lowest BCUT2D eigenvalue weighted by Crippen LogP contribution is -2.50. The van der Waals surface area contributed by atoms with Crippen LogP contribution < -0.4 is 15.4 Å². The fraction of sp³-hybridized carbons (Fsp3) is 0.227. The molecule has 0 saturated heterocycles. The molecule has 8 nitrogen and oxygen atoms in total. The van der Waals surface area contributed by atoms with Gasteiger partial charge in [0.25, 0.3) is 0 Å². The van der Waals surface area contributed by atoms with Gasteiger partial charge in [0, 0.05) is 11.6 Å². The zero-order valence-corrected chi connectivity index (χ0v) is 17.4. The highest BCUT2D eigenvalue weighted by Gasteiger charge is 2.42. The highest BCUT2D eigenvalue weighted by Crippen LogP contribution is 2.35. The second kappa shape index (κ2) is 8.69. The molecule has 0 saturated carbocycles. The predicted octanol–water partition coefficient (Wildman–Crippen LogP) is 2.54. The zero-order valence-electron chi connectivity index (χ0n) is 16.7. The van der Waals surface area contributed by atoms with Gasteiger partial charge in [-0.2, -0.15) is 0 Å². The van der Waals surface area contributed by atoms with E-state index in [4.69, 9.17) is 21.1 Å². The second-order valence-electron chi connectivity index (χ2n) is 7.08. The van der Waals surface area contributed by atoms with Gasteiger partial charge in [0.1, 0.15) is 18.9 Å². The molecule has 160 valence electrons. The summed E-state index contributed by atoms with van der Waals surface area (Å²) in [4.78, 5) is 38.9. The Kier molecular flexibility index (Phi) is 5.81. The van der Waals surface area contributed by atoms with E-state index in [2.05, 4.69) is 10.6 Å². The smallest absolute Gasteiger partial charge is 0.338 e. The van der Waals surface area contributed by atoms with E-state index in [9.17, 15) is 14.4 Å². The first-order valence-electron chi connectivity index (χ1n) is 9.59. The van der Waals surface area contributed by atoms with Crippen molar-refractivity contribution in [1.29, 1.82) is 0 Å². The summed E-state index contributed by atoms with van der Waals surface area (Å²) in [7, 11) is 1.57. The number of methoxy groups -OCH3 is 1. The van der Waals surface area contributed by atoms with Gasteiger partial charge < -0.3 is 20.1 Å². The lowest BCUT2D eigenvalue weighted by molar-refractivity contribution is -0.136. The number of hydrogen-bond donors (Lipinski definition) is 2. The molecule has 0 radical (unpaired) electrons. The summed E-state index contributed by atoms with van der Waals surface area (Å²) in [6, 6.07) is 13.0. The van der Waals surface area contributed by atoms with Gasteiger partial charge in [0.15, 0.2) is 0 Å². The van der Waals surface area contributed by atoms with Crippen LogP contribution >= 0.6 is 11.6 Å². The number of carbonyl (C=O) groups excluding carboxylic acids is 3. The summed E-state index contributed by atoms with van der Waals surface area (Å²) in [5, 5.41) is 6.11. The van der Waals surface area contributed by atoms with Gasteiger partial charge in [0.2, 0.25) is 5.91 Å². The molecule has 2 aliphatic heterocycles. The maximum absolute atomic E-state index is 12.8. The molecular weight excluding hydrogens is 422 g/mol. The number of carbonyl (C=O) groups is 3. The van der Waals surface area contributed by atoms with Crippen molar-refractivity contribution in [1.82, 2.24) is 15.5 Å². The highest BCUT2D eigenvalue weighted by molar-refractivity contribution is 6.30. The summed E-state index contributed by atoms with van der Waals surface area (Å²) in [6.45, 7) is -0.0202. The van der Waals surface area contributed by atoms with Crippen LogP contribution in [0.5, 0.6) is 5.75 Å². The molecule has 0 aromatic heterocycles. The molecule has 0 spiro atoms.